The van der Waals surface area contributed by atoms with Crippen molar-refractivity contribution in [3.05, 3.63) is 32.9 Å². The fourth-order valence-electron chi connectivity index (χ4n) is 2.18. The molecule has 0 aliphatic carbocycles. The van der Waals surface area contributed by atoms with Crippen molar-refractivity contribution >= 4 is 28.5 Å². The van der Waals surface area contributed by atoms with E-state index in [0.717, 1.165) is 41.0 Å². The minimum absolute atomic E-state index is 0.196. The van der Waals surface area contributed by atoms with E-state index in [1.807, 2.05) is 17.0 Å². The summed E-state index contributed by atoms with van der Waals surface area (Å²) in [5, 5.41) is 0. The highest BCUT2D eigenvalue weighted by Crippen LogP contribution is 2.21. The summed E-state index contributed by atoms with van der Waals surface area (Å²) in [4.78, 5) is 14.4. The largest absolute Gasteiger partial charge is 0.339 e. The molecule has 2 nitrogen and oxygen atoms in total. The second-order valence-corrected chi connectivity index (χ2v) is 6.12. The van der Waals surface area contributed by atoms with Gasteiger partial charge in [0.1, 0.15) is 0 Å². The molecule has 1 aliphatic heterocycles. The van der Waals surface area contributed by atoms with Gasteiger partial charge >= 0.3 is 0 Å². The lowest BCUT2D eigenvalue weighted by Crippen LogP contribution is -2.38. The van der Waals surface area contributed by atoms with Gasteiger partial charge in [-0.1, -0.05) is 18.6 Å². The van der Waals surface area contributed by atoms with E-state index in [1.165, 1.54) is 5.56 Å². The summed E-state index contributed by atoms with van der Waals surface area (Å²) in [7, 11) is 0. The van der Waals surface area contributed by atoms with Crippen molar-refractivity contribution in [1.29, 1.82) is 0 Å². The average Bonchev–Trinajstić information content (AvgIpc) is 2.29. The van der Waals surface area contributed by atoms with Crippen molar-refractivity contribution in [3.8, 4) is 0 Å². The Morgan fingerprint density at radius 3 is 2.59 bits per heavy atom. The molecule has 0 saturated carbocycles. The molecule has 0 N–H and O–H groups in total. The van der Waals surface area contributed by atoms with Crippen molar-refractivity contribution in [2.75, 3.05) is 13.1 Å². The molecule has 0 spiro atoms. The summed E-state index contributed by atoms with van der Waals surface area (Å²) >= 11 is 2.25. The molecule has 3 heteroatoms. The summed E-state index contributed by atoms with van der Waals surface area (Å²) in [5.41, 5.74) is 2.06. The Morgan fingerprint density at radius 1 is 1.35 bits per heavy atom. The van der Waals surface area contributed by atoms with Crippen molar-refractivity contribution in [2.24, 2.45) is 5.92 Å². The lowest BCUT2D eigenvalue weighted by Gasteiger charge is -2.30. The number of carbonyl (C=O) groups excluding carboxylic acids is 1. The molecule has 92 valence electrons. The highest BCUT2D eigenvalue weighted by atomic mass is 127. The first-order valence-electron chi connectivity index (χ1n) is 6.13. The van der Waals surface area contributed by atoms with Crippen LogP contribution in [-0.2, 0) is 0 Å². The van der Waals surface area contributed by atoms with Gasteiger partial charge < -0.3 is 4.90 Å². The van der Waals surface area contributed by atoms with Gasteiger partial charge in [0.25, 0.3) is 5.91 Å². The Labute approximate surface area is 117 Å². The number of amides is 1. The smallest absolute Gasteiger partial charge is 0.254 e. The highest BCUT2D eigenvalue weighted by Gasteiger charge is 2.22. The van der Waals surface area contributed by atoms with Crippen LogP contribution in [0.4, 0.5) is 0 Å². The molecule has 1 aromatic carbocycles. The van der Waals surface area contributed by atoms with E-state index >= 15 is 0 Å². The summed E-state index contributed by atoms with van der Waals surface area (Å²) < 4.78 is 1.06. The third kappa shape index (κ3) is 3.00. The molecule has 17 heavy (non-hydrogen) atoms. The number of carbonyl (C=O) groups is 1. The maximum absolute atomic E-state index is 12.4. The maximum atomic E-state index is 12.4. The molecule has 1 fully saturated rings. The third-order valence-corrected chi connectivity index (χ3v) is 4.32. The fraction of sp³-hybridized carbons (Fsp3) is 0.500. The number of piperidine rings is 1. The standard InChI is InChI=1S/C14H18INO/c1-10-5-7-16(8-6-10)14(17)12-4-3-11(2)9-13(12)15/h3-4,9-10H,5-8H2,1-2H3. The lowest BCUT2D eigenvalue weighted by atomic mass is 9.98. The minimum atomic E-state index is 0.196. The fourth-order valence-corrected chi connectivity index (χ4v) is 3.08. The molecular weight excluding hydrogens is 325 g/mol. The Hall–Kier alpha value is -0.580. The van der Waals surface area contributed by atoms with Crippen LogP contribution in [0.5, 0.6) is 0 Å². The van der Waals surface area contributed by atoms with Gasteiger partial charge in [-0.3, -0.25) is 4.79 Å². The molecule has 2 rings (SSSR count). The van der Waals surface area contributed by atoms with Gasteiger partial charge in [0, 0.05) is 16.7 Å². The van der Waals surface area contributed by atoms with E-state index in [1.54, 1.807) is 0 Å². The molecular formula is C14H18INO. The summed E-state index contributed by atoms with van der Waals surface area (Å²) in [6.07, 6.45) is 2.27. The first kappa shape index (κ1) is 12.9. The molecule has 0 unspecified atom stereocenters. The van der Waals surface area contributed by atoms with Crippen LogP contribution < -0.4 is 0 Å². The zero-order chi connectivity index (χ0) is 12.4. The molecule has 1 amide bonds. The predicted octanol–water partition coefficient (Wildman–Crippen LogP) is 3.47. The molecule has 0 aromatic heterocycles. The van der Waals surface area contributed by atoms with Crippen molar-refractivity contribution in [2.45, 2.75) is 26.7 Å². The van der Waals surface area contributed by atoms with Gasteiger partial charge in [-0.25, -0.2) is 0 Å². The van der Waals surface area contributed by atoms with E-state index in [9.17, 15) is 4.79 Å². The van der Waals surface area contributed by atoms with Gasteiger partial charge in [-0.15, -0.1) is 0 Å². The number of hydrogen-bond donors (Lipinski definition) is 0. The van der Waals surface area contributed by atoms with Crippen LogP contribution >= 0.6 is 22.6 Å². The first-order valence-corrected chi connectivity index (χ1v) is 7.21. The summed E-state index contributed by atoms with van der Waals surface area (Å²) in [5.74, 6) is 0.956. The van der Waals surface area contributed by atoms with Crippen LogP contribution in [0.2, 0.25) is 0 Å². The second kappa shape index (κ2) is 5.38. The van der Waals surface area contributed by atoms with Crippen LogP contribution in [0.3, 0.4) is 0 Å². The maximum Gasteiger partial charge on any atom is 0.254 e. The van der Waals surface area contributed by atoms with Crippen molar-refractivity contribution < 1.29 is 4.79 Å². The number of hydrogen-bond acceptors (Lipinski definition) is 1. The van der Waals surface area contributed by atoms with Gasteiger partial charge in [0.05, 0.1) is 5.56 Å². The van der Waals surface area contributed by atoms with E-state index in [4.69, 9.17) is 0 Å². The van der Waals surface area contributed by atoms with Crippen LogP contribution in [0.1, 0.15) is 35.7 Å². The zero-order valence-electron chi connectivity index (χ0n) is 10.4. The monoisotopic (exact) mass is 343 g/mol. The summed E-state index contributed by atoms with van der Waals surface area (Å²) in [6, 6.07) is 6.04. The van der Waals surface area contributed by atoms with E-state index in [0.29, 0.717) is 0 Å². The number of likely N-dealkylation sites (tertiary alicyclic amines) is 1. The van der Waals surface area contributed by atoms with Gasteiger partial charge in [0.15, 0.2) is 0 Å². The molecule has 1 saturated heterocycles. The van der Waals surface area contributed by atoms with Gasteiger partial charge in [-0.05, 0) is 60.4 Å². The zero-order valence-corrected chi connectivity index (χ0v) is 12.5. The molecule has 0 bridgehead atoms. The second-order valence-electron chi connectivity index (χ2n) is 4.96. The number of nitrogens with zero attached hydrogens (tertiary/aromatic N) is 1. The normalized spacial score (nSPS) is 17.2. The highest BCUT2D eigenvalue weighted by molar-refractivity contribution is 14.1. The van der Waals surface area contributed by atoms with Crippen LogP contribution in [0.25, 0.3) is 0 Å². The number of halogens is 1. The Morgan fingerprint density at radius 2 is 2.00 bits per heavy atom. The first-order chi connectivity index (χ1) is 8.08. The van der Waals surface area contributed by atoms with Crippen LogP contribution in [0, 0.1) is 16.4 Å². The average molecular weight is 343 g/mol. The number of aryl methyl sites for hydroxylation is 1. The number of rotatable bonds is 1. The Kier molecular flexibility index (Phi) is 4.07. The van der Waals surface area contributed by atoms with E-state index in [2.05, 4.69) is 42.5 Å². The van der Waals surface area contributed by atoms with Gasteiger partial charge in [0.2, 0.25) is 0 Å². The van der Waals surface area contributed by atoms with Crippen molar-refractivity contribution in [1.82, 2.24) is 4.90 Å². The van der Waals surface area contributed by atoms with E-state index < -0.39 is 0 Å². The Bertz CT molecular complexity index is 422. The Balaban J connectivity index is 2.14. The quantitative estimate of drug-likeness (QED) is 0.715. The minimum Gasteiger partial charge on any atom is -0.339 e. The third-order valence-electron chi connectivity index (χ3n) is 3.43. The molecule has 0 atom stereocenters. The predicted molar refractivity (Wildman–Crippen MR) is 78.2 cm³/mol. The van der Waals surface area contributed by atoms with Crippen LogP contribution in [-0.4, -0.2) is 23.9 Å². The molecule has 1 aliphatic rings. The van der Waals surface area contributed by atoms with Gasteiger partial charge in [-0.2, -0.15) is 0 Å². The lowest BCUT2D eigenvalue weighted by molar-refractivity contribution is 0.0696. The van der Waals surface area contributed by atoms with E-state index in [-0.39, 0.29) is 5.91 Å². The topological polar surface area (TPSA) is 20.3 Å². The van der Waals surface area contributed by atoms with Crippen LogP contribution in [0.15, 0.2) is 18.2 Å². The number of benzene rings is 1. The molecule has 0 radical (unpaired) electrons. The summed E-state index contributed by atoms with van der Waals surface area (Å²) in [6.45, 7) is 6.13. The molecule has 1 heterocycles. The molecule has 1 aromatic rings. The van der Waals surface area contributed by atoms with Crippen molar-refractivity contribution in [3.63, 3.8) is 0 Å². The SMILES string of the molecule is Cc1ccc(C(=O)N2CCC(C)CC2)c(I)c1.